The van der Waals surface area contributed by atoms with Gasteiger partial charge in [-0.2, -0.15) is 15.2 Å². The van der Waals surface area contributed by atoms with E-state index in [2.05, 4.69) is 16.0 Å². The summed E-state index contributed by atoms with van der Waals surface area (Å²) in [5.41, 5.74) is 14.7. The molecule has 1 saturated heterocycles. The Kier molecular flexibility index (Phi) is 7.22. The molecule has 0 bridgehead atoms. The van der Waals surface area contributed by atoms with Crippen LogP contribution in [0.2, 0.25) is 5.02 Å². The Balaban J connectivity index is 1.52. The van der Waals surface area contributed by atoms with Crippen molar-refractivity contribution in [3.63, 3.8) is 0 Å². The van der Waals surface area contributed by atoms with Crippen LogP contribution in [0.4, 0.5) is 17.6 Å². The third kappa shape index (κ3) is 4.87. The van der Waals surface area contributed by atoms with Crippen molar-refractivity contribution < 1.29 is 14.7 Å². The predicted octanol–water partition coefficient (Wildman–Crippen LogP) is 2.07. The fourth-order valence-electron chi connectivity index (χ4n) is 4.81. The molecule has 6 N–H and O–H groups in total. The summed E-state index contributed by atoms with van der Waals surface area (Å²) in [7, 11) is 1.61. The average molecular weight is 562 g/mol. The first-order valence-electron chi connectivity index (χ1n) is 12.1. The van der Waals surface area contributed by atoms with Crippen LogP contribution in [0.3, 0.4) is 0 Å². The van der Waals surface area contributed by atoms with Gasteiger partial charge in [0.2, 0.25) is 5.95 Å². The highest BCUT2D eigenvalue weighted by Gasteiger charge is 2.39. The molecule has 13 nitrogen and oxygen atoms in total. The summed E-state index contributed by atoms with van der Waals surface area (Å²) >= 11 is 6.30. The van der Waals surface area contributed by atoms with Crippen LogP contribution in [0.15, 0.2) is 47.3 Å². The van der Waals surface area contributed by atoms with Gasteiger partial charge in [-0.3, -0.25) is 19.4 Å². The monoisotopic (exact) mass is 561 g/mol. The highest BCUT2D eigenvalue weighted by Crippen LogP contribution is 2.39. The number of hydrogen-bond acceptors (Lipinski definition) is 11. The van der Waals surface area contributed by atoms with Crippen molar-refractivity contribution in [1.82, 2.24) is 25.0 Å². The van der Waals surface area contributed by atoms with Crippen LogP contribution in [-0.4, -0.2) is 43.3 Å². The number of rotatable bonds is 6. The number of nitrogens with two attached hydrogens (primary N) is 2. The number of carbonyl (C=O) groups is 1. The Labute approximate surface area is 232 Å². The minimum atomic E-state index is -0.617. The number of aromatic nitrogens is 4. The van der Waals surface area contributed by atoms with Gasteiger partial charge in [0.25, 0.3) is 11.5 Å². The normalized spacial score (nSPS) is 16.7. The molecule has 204 valence electrons. The van der Waals surface area contributed by atoms with Crippen LogP contribution in [0, 0.1) is 11.3 Å². The number of ether oxygens (including phenoxy) is 1. The fraction of sp³-hybridized carbons (Fsp3) is 0.231. The van der Waals surface area contributed by atoms with Gasteiger partial charge in [0.05, 0.1) is 34.7 Å². The topological polar surface area (TPSA) is 198 Å². The molecule has 1 aliphatic rings. The summed E-state index contributed by atoms with van der Waals surface area (Å²) in [4.78, 5) is 39.7. The van der Waals surface area contributed by atoms with Gasteiger partial charge < -0.3 is 21.1 Å². The molecule has 2 aromatic carbocycles. The van der Waals surface area contributed by atoms with E-state index < -0.39 is 11.9 Å². The predicted molar refractivity (Wildman–Crippen MR) is 147 cm³/mol. The van der Waals surface area contributed by atoms with E-state index in [0.717, 1.165) is 5.56 Å². The lowest BCUT2D eigenvalue weighted by molar-refractivity contribution is 0.0529. The van der Waals surface area contributed by atoms with Gasteiger partial charge in [-0.15, -0.1) is 0 Å². The van der Waals surface area contributed by atoms with Crippen LogP contribution >= 0.6 is 11.6 Å². The van der Waals surface area contributed by atoms with E-state index in [4.69, 9.17) is 38.0 Å². The second-order valence-electron chi connectivity index (χ2n) is 9.22. The maximum absolute atomic E-state index is 13.3. The van der Waals surface area contributed by atoms with E-state index >= 15 is 0 Å². The van der Waals surface area contributed by atoms with Crippen molar-refractivity contribution in [2.45, 2.75) is 25.2 Å². The number of nitrogen functional groups attached to an aromatic ring is 2. The van der Waals surface area contributed by atoms with Crippen molar-refractivity contribution >= 4 is 46.0 Å². The van der Waals surface area contributed by atoms with E-state index in [1.807, 2.05) is 0 Å². The number of nitrogens with one attached hydrogen (secondary N) is 1. The zero-order chi connectivity index (χ0) is 28.6. The molecule has 40 heavy (non-hydrogen) atoms. The number of anilines is 3. The highest BCUT2D eigenvalue weighted by molar-refractivity contribution is 6.35. The van der Waals surface area contributed by atoms with Gasteiger partial charge in [-0.25, -0.2) is 10.5 Å². The van der Waals surface area contributed by atoms with Gasteiger partial charge in [0.15, 0.2) is 5.82 Å². The summed E-state index contributed by atoms with van der Waals surface area (Å²) in [6, 6.07) is 13.1. The van der Waals surface area contributed by atoms with E-state index in [0.29, 0.717) is 33.7 Å². The molecule has 3 heterocycles. The molecule has 1 amide bonds. The van der Waals surface area contributed by atoms with Crippen molar-refractivity contribution in [3.05, 3.63) is 80.4 Å². The second-order valence-corrected chi connectivity index (χ2v) is 9.63. The highest BCUT2D eigenvalue weighted by atomic mass is 35.5. The van der Waals surface area contributed by atoms with Crippen LogP contribution in [0.1, 0.15) is 39.8 Å². The van der Waals surface area contributed by atoms with Gasteiger partial charge >= 0.3 is 0 Å². The summed E-state index contributed by atoms with van der Waals surface area (Å²) in [6.07, 6.45) is 0.0211. The Bertz CT molecular complexity index is 1720. The zero-order valence-corrected chi connectivity index (χ0v) is 22.0. The Morgan fingerprint density at radius 3 is 2.67 bits per heavy atom. The number of nitriles is 1. The fourth-order valence-corrected chi connectivity index (χ4v) is 5.06. The maximum Gasteiger partial charge on any atom is 0.274 e. The summed E-state index contributed by atoms with van der Waals surface area (Å²) in [5, 5.41) is 19.3. The Hall–Kier alpha value is -4.77. The molecule has 0 saturated carbocycles. The molecule has 2 aromatic heterocycles. The number of benzene rings is 2. The quantitative estimate of drug-likeness (QED) is 0.198. The third-order valence-electron chi connectivity index (χ3n) is 6.77. The van der Waals surface area contributed by atoms with E-state index in [9.17, 15) is 14.9 Å². The van der Waals surface area contributed by atoms with Crippen molar-refractivity contribution in [2.24, 2.45) is 7.05 Å². The van der Waals surface area contributed by atoms with Gasteiger partial charge in [0.1, 0.15) is 23.3 Å². The van der Waals surface area contributed by atoms with Crippen molar-refractivity contribution in [3.8, 4) is 6.07 Å². The van der Waals surface area contributed by atoms with E-state index in [1.165, 1.54) is 4.57 Å². The second kappa shape index (κ2) is 10.8. The first-order valence-corrected chi connectivity index (χ1v) is 12.5. The number of halogens is 1. The van der Waals surface area contributed by atoms with Gasteiger partial charge in [0, 0.05) is 25.6 Å². The minimum Gasteiger partial charge on any atom is -0.382 e. The minimum absolute atomic E-state index is 0.0476. The molecule has 0 aliphatic carbocycles. The smallest absolute Gasteiger partial charge is 0.274 e. The largest absolute Gasteiger partial charge is 0.382 e. The third-order valence-corrected chi connectivity index (χ3v) is 7.09. The summed E-state index contributed by atoms with van der Waals surface area (Å²) in [5.74, 6) is -0.150. The Morgan fingerprint density at radius 1 is 1.23 bits per heavy atom. The lowest BCUT2D eigenvalue weighted by atomic mass is 10.1. The SMILES string of the molecule is Cn1c([C@@H]2C[C@@H](OCc3ccc(C(=O)NO)cc3)CN2c2nc(N)nc(N)c2C#N)nc2cccc(Cl)c2c1=O. The molecule has 0 unspecified atom stereocenters. The standard InChI is InChI=1S/C26H24ClN9O4/c1-35-23(31-18-4-2-3-17(27)20(18)25(35)38)19-9-15(40-12-13-5-7-14(8-6-13)24(37)34-39)11-36(19)22-16(10-28)21(29)32-26(30)33-22/h2-8,15,19,39H,9,11-12H2,1H3,(H,34,37)(H4,29,30,32,33)/t15-,19+/m1/s1. The number of hydrogen-bond donors (Lipinski definition) is 4. The molecular weight excluding hydrogens is 538 g/mol. The average Bonchev–Trinajstić information content (AvgIpc) is 3.37. The number of carbonyl (C=O) groups excluding carboxylic acids is 1. The number of fused-ring (bicyclic) bond motifs is 1. The van der Waals surface area contributed by atoms with E-state index in [1.54, 1.807) is 59.9 Å². The summed E-state index contributed by atoms with van der Waals surface area (Å²) < 4.78 is 7.64. The van der Waals surface area contributed by atoms with Crippen LogP contribution in [0.5, 0.6) is 0 Å². The first kappa shape index (κ1) is 26.8. The van der Waals surface area contributed by atoms with Crippen LogP contribution < -0.4 is 27.4 Å². The molecule has 14 heteroatoms. The van der Waals surface area contributed by atoms with Crippen molar-refractivity contribution in [2.75, 3.05) is 22.9 Å². The molecule has 5 rings (SSSR count). The molecule has 1 fully saturated rings. The Morgan fingerprint density at radius 2 is 1.98 bits per heavy atom. The lowest BCUT2D eigenvalue weighted by Crippen LogP contribution is -2.32. The molecule has 1 aliphatic heterocycles. The molecule has 4 aromatic rings. The maximum atomic E-state index is 13.3. The van der Waals surface area contributed by atoms with Crippen LogP contribution in [-0.2, 0) is 18.4 Å². The molecule has 0 spiro atoms. The van der Waals surface area contributed by atoms with Gasteiger partial charge in [-0.1, -0.05) is 29.8 Å². The summed E-state index contributed by atoms with van der Waals surface area (Å²) in [6.45, 7) is 0.495. The number of amides is 1. The number of nitrogens with zero attached hydrogens (tertiary/aromatic N) is 6. The molecular formula is C26H24ClN9O4. The molecule has 2 atom stereocenters. The van der Waals surface area contributed by atoms with Gasteiger partial charge in [-0.05, 0) is 29.8 Å². The van der Waals surface area contributed by atoms with Crippen LogP contribution in [0.25, 0.3) is 10.9 Å². The lowest BCUT2D eigenvalue weighted by Gasteiger charge is -2.27. The molecule has 0 radical (unpaired) electrons. The zero-order valence-electron chi connectivity index (χ0n) is 21.2. The number of hydroxylamine groups is 1. The van der Waals surface area contributed by atoms with Crippen molar-refractivity contribution in [1.29, 1.82) is 5.26 Å². The van der Waals surface area contributed by atoms with E-state index in [-0.39, 0.29) is 48.0 Å². The first-order chi connectivity index (χ1) is 19.2.